The van der Waals surface area contributed by atoms with Crippen LogP contribution in [0.3, 0.4) is 0 Å². The fourth-order valence-corrected chi connectivity index (χ4v) is 3.01. The quantitative estimate of drug-likeness (QED) is 0.394. The van der Waals surface area contributed by atoms with Crippen LogP contribution in [0.4, 0.5) is 5.69 Å². The highest BCUT2D eigenvalue weighted by Crippen LogP contribution is 2.18. The van der Waals surface area contributed by atoms with Crippen LogP contribution in [-0.2, 0) is 11.2 Å². The topological polar surface area (TPSA) is 79.5 Å². The Morgan fingerprint density at radius 2 is 1.73 bits per heavy atom. The van der Waals surface area contributed by atoms with Gasteiger partial charge in [-0.3, -0.25) is 14.9 Å². The normalized spacial score (nSPS) is 10.2. The van der Waals surface area contributed by atoms with Gasteiger partial charge in [-0.2, -0.15) is 0 Å². The summed E-state index contributed by atoms with van der Waals surface area (Å²) >= 11 is 5.26. The van der Waals surface area contributed by atoms with E-state index in [-0.39, 0.29) is 16.9 Å². The van der Waals surface area contributed by atoms with Gasteiger partial charge >= 0.3 is 0 Å². The number of hydrogen-bond acceptors (Lipinski definition) is 4. The molecule has 0 atom stereocenters. The van der Waals surface area contributed by atoms with Crippen LogP contribution in [0.25, 0.3) is 0 Å². The molecular weight excluding hydrogens is 398 g/mol. The molecule has 0 bridgehead atoms. The minimum atomic E-state index is -0.326. The highest BCUT2D eigenvalue weighted by molar-refractivity contribution is 7.80. The van der Waals surface area contributed by atoms with E-state index in [0.717, 1.165) is 24.1 Å². The Balaban J connectivity index is 1.89. The summed E-state index contributed by atoms with van der Waals surface area (Å²) in [5, 5.41) is 8.45. The second-order valence-corrected chi connectivity index (χ2v) is 7.27. The van der Waals surface area contributed by atoms with E-state index in [1.165, 1.54) is 12.8 Å². The second-order valence-electron chi connectivity index (χ2n) is 6.86. The number of unbranched alkanes of at least 4 members (excludes halogenated alkanes) is 3. The van der Waals surface area contributed by atoms with Gasteiger partial charge in [-0.05, 0) is 48.5 Å². The summed E-state index contributed by atoms with van der Waals surface area (Å²) in [6.07, 6.45) is 4.73. The number of thiocarbonyl (C=S) groups is 1. The molecule has 2 rings (SSSR count). The monoisotopic (exact) mass is 427 g/mol. The molecule has 160 valence electrons. The van der Waals surface area contributed by atoms with E-state index >= 15 is 0 Å². The van der Waals surface area contributed by atoms with Crippen LogP contribution in [0.5, 0.6) is 5.75 Å². The third kappa shape index (κ3) is 7.83. The van der Waals surface area contributed by atoms with E-state index < -0.39 is 0 Å². The fourth-order valence-electron chi connectivity index (χ4n) is 2.80. The molecule has 2 aromatic carbocycles. The van der Waals surface area contributed by atoms with Gasteiger partial charge in [0.05, 0.1) is 18.6 Å². The summed E-state index contributed by atoms with van der Waals surface area (Å²) in [6.45, 7) is 2.74. The molecule has 0 unspecified atom stereocenters. The van der Waals surface area contributed by atoms with Crippen molar-refractivity contribution in [1.29, 1.82) is 0 Å². The van der Waals surface area contributed by atoms with Gasteiger partial charge in [-0.25, -0.2) is 0 Å². The maximum Gasteiger partial charge on any atom is 0.261 e. The lowest BCUT2D eigenvalue weighted by atomic mass is 10.1. The zero-order valence-corrected chi connectivity index (χ0v) is 18.3. The first kappa shape index (κ1) is 23.3. The smallest absolute Gasteiger partial charge is 0.261 e. The van der Waals surface area contributed by atoms with Crippen LogP contribution in [0.1, 0.15) is 48.5 Å². The minimum absolute atomic E-state index is 0.0512. The third-order valence-corrected chi connectivity index (χ3v) is 4.67. The summed E-state index contributed by atoms with van der Waals surface area (Å²) in [6, 6.07) is 14.4. The number of nitrogens with one attached hydrogen (secondary N) is 3. The predicted octanol–water partition coefficient (Wildman–Crippen LogP) is 4.06. The Labute approximate surface area is 183 Å². The number of benzene rings is 2. The van der Waals surface area contributed by atoms with Gasteiger partial charge in [-0.15, -0.1) is 0 Å². The van der Waals surface area contributed by atoms with Crippen molar-refractivity contribution >= 4 is 34.8 Å². The molecular formula is C23H29N3O3S. The molecule has 0 saturated carbocycles. The summed E-state index contributed by atoms with van der Waals surface area (Å²) < 4.78 is 5.80. The van der Waals surface area contributed by atoms with Crippen LogP contribution < -0.4 is 20.7 Å². The molecule has 0 aromatic heterocycles. The number of para-hydroxylation sites is 1. The van der Waals surface area contributed by atoms with Crippen molar-refractivity contribution < 1.29 is 14.3 Å². The molecule has 0 heterocycles. The van der Waals surface area contributed by atoms with Gasteiger partial charge < -0.3 is 15.4 Å². The first-order valence-corrected chi connectivity index (χ1v) is 10.6. The van der Waals surface area contributed by atoms with Gasteiger partial charge in [0, 0.05) is 12.7 Å². The standard InChI is InChI=1S/C23H29N3O3S/c1-3-4-5-8-15-29-20-10-7-6-9-19(20)22(28)26-23(30)25-18-13-11-17(12-14-18)16-21(27)24-2/h6-7,9-14H,3-5,8,15-16H2,1-2H3,(H,24,27)(H2,25,26,28,30). The Morgan fingerprint density at radius 3 is 2.43 bits per heavy atom. The highest BCUT2D eigenvalue weighted by Gasteiger charge is 2.13. The van der Waals surface area contributed by atoms with E-state index in [0.29, 0.717) is 24.3 Å². The van der Waals surface area contributed by atoms with Crippen molar-refractivity contribution in [2.75, 3.05) is 19.0 Å². The van der Waals surface area contributed by atoms with Gasteiger partial charge in [0.1, 0.15) is 5.75 Å². The maximum atomic E-state index is 12.6. The minimum Gasteiger partial charge on any atom is -0.493 e. The number of amides is 2. The first-order valence-electron chi connectivity index (χ1n) is 10.2. The molecule has 2 amide bonds. The molecule has 3 N–H and O–H groups in total. The lowest BCUT2D eigenvalue weighted by Crippen LogP contribution is -2.34. The van der Waals surface area contributed by atoms with Crippen molar-refractivity contribution in [1.82, 2.24) is 10.6 Å². The number of likely N-dealkylation sites (N-methyl/N-ethyl adjacent to an activating group) is 1. The van der Waals surface area contributed by atoms with E-state index in [1.54, 1.807) is 25.2 Å². The molecule has 0 aliphatic carbocycles. The van der Waals surface area contributed by atoms with Crippen LogP contribution in [0, 0.1) is 0 Å². The summed E-state index contributed by atoms with van der Waals surface area (Å²) in [7, 11) is 1.61. The number of rotatable bonds is 10. The van der Waals surface area contributed by atoms with E-state index in [9.17, 15) is 9.59 Å². The van der Waals surface area contributed by atoms with Crippen LogP contribution in [0.15, 0.2) is 48.5 Å². The molecule has 0 aliphatic heterocycles. The SMILES string of the molecule is CCCCCCOc1ccccc1C(=O)NC(=S)Nc1ccc(CC(=O)NC)cc1. The van der Waals surface area contributed by atoms with Crippen LogP contribution in [-0.4, -0.2) is 30.6 Å². The number of carbonyl (C=O) groups is 2. The van der Waals surface area contributed by atoms with Gasteiger partial charge in [0.2, 0.25) is 5.91 Å². The summed E-state index contributed by atoms with van der Waals surface area (Å²) in [5.41, 5.74) is 2.05. The number of ether oxygens (including phenoxy) is 1. The second kappa shape index (κ2) is 12.6. The van der Waals surface area contributed by atoms with E-state index in [2.05, 4.69) is 22.9 Å². The molecule has 2 aromatic rings. The Morgan fingerprint density at radius 1 is 1.00 bits per heavy atom. The van der Waals surface area contributed by atoms with E-state index in [1.807, 2.05) is 30.3 Å². The molecule has 0 spiro atoms. The Hall–Kier alpha value is -2.93. The Kier molecular flexibility index (Phi) is 9.80. The molecule has 6 nitrogen and oxygen atoms in total. The van der Waals surface area contributed by atoms with Crippen molar-refractivity contribution in [3.63, 3.8) is 0 Å². The maximum absolute atomic E-state index is 12.6. The molecule has 0 radical (unpaired) electrons. The van der Waals surface area contributed by atoms with Crippen molar-refractivity contribution in [3.05, 3.63) is 59.7 Å². The largest absolute Gasteiger partial charge is 0.493 e. The number of carbonyl (C=O) groups excluding carboxylic acids is 2. The van der Waals surface area contributed by atoms with Gasteiger partial charge in [0.25, 0.3) is 5.91 Å². The zero-order valence-electron chi connectivity index (χ0n) is 17.5. The van der Waals surface area contributed by atoms with Gasteiger partial charge in [0.15, 0.2) is 5.11 Å². The van der Waals surface area contributed by atoms with Gasteiger partial charge in [-0.1, -0.05) is 50.5 Å². The van der Waals surface area contributed by atoms with Crippen LogP contribution >= 0.6 is 12.2 Å². The van der Waals surface area contributed by atoms with Crippen molar-refractivity contribution in [2.45, 2.75) is 39.0 Å². The predicted molar refractivity (Wildman–Crippen MR) is 124 cm³/mol. The lowest BCUT2D eigenvalue weighted by molar-refractivity contribution is -0.119. The number of anilines is 1. The third-order valence-electron chi connectivity index (χ3n) is 4.47. The molecule has 0 fully saturated rings. The molecule has 0 aliphatic rings. The van der Waals surface area contributed by atoms with Crippen molar-refractivity contribution in [2.24, 2.45) is 0 Å². The van der Waals surface area contributed by atoms with Crippen molar-refractivity contribution in [3.8, 4) is 5.75 Å². The van der Waals surface area contributed by atoms with Crippen LogP contribution in [0.2, 0.25) is 0 Å². The Bertz CT molecular complexity index is 853. The molecule has 0 saturated heterocycles. The summed E-state index contributed by atoms with van der Waals surface area (Å²) in [5.74, 6) is 0.172. The lowest BCUT2D eigenvalue weighted by Gasteiger charge is -2.13. The average molecular weight is 428 g/mol. The fraction of sp³-hybridized carbons (Fsp3) is 0.348. The average Bonchev–Trinajstić information content (AvgIpc) is 2.75. The van der Waals surface area contributed by atoms with E-state index in [4.69, 9.17) is 17.0 Å². The molecule has 30 heavy (non-hydrogen) atoms. The zero-order chi connectivity index (χ0) is 21.8. The highest BCUT2D eigenvalue weighted by atomic mass is 32.1. The summed E-state index contributed by atoms with van der Waals surface area (Å²) in [4.78, 5) is 24.1. The first-order chi connectivity index (χ1) is 14.5. The molecule has 7 heteroatoms. The number of hydrogen-bond donors (Lipinski definition) is 3.